The number of carbonyl (C=O) groups is 1. The van der Waals surface area contributed by atoms with Crippen LogP contribution in [0.3, 0.4) is 0 Å². The third kappa shape index (κ3) is 4.89. The van der Waals surface area contributed by atoms with Crippen molar-refractivity contribution in [2.24, 2.45) is 0 Å². The Labute approximate surface area is 181 Å². The molecule has 0 radical (unpaired) electrons. The number of hydrogen-bond donors (Lipinski definition) is 1. The number of benzene rings is 2. The van der Waals surface area contributed by atoms with Crippen LogP contribution in [-0.4, -0.2) is 38.5 Å². The fourth-order valence-corrected chi connectivity index (χ4v) is 3.70. The number of nitrogens with one attached hydrogen (secondary N) is 1. The van der Waals surface area contributed by atoms with Crippen LogP contribution in [0.1, 0.15) is 6.92 Å². The van der Waals surface area contributed by atoms with Crippen LogP contribution in [0.15, 0.2) is 47.6 Å². The van der Waals surface area contributed by atoms with Crippen LogP contribution < -0.4 is 10.1 Å². The molecule has 0 bridgehead atoms. The summed E-state index contributed by atoms with van der Waals surface area (Å²) in [7, 11) is 1.60. The Balaban J connectivity index is 1.70. The highest BCUT2D eigenvalue weighted by Gasteiger charge is 2.17. The molecule has 0 aliphatic carbocycles. The van der Waals surface area contributed by atoms with Gasteiger partial charge in [0, 0.05) is 23.9 Å². The average Bonchev–Trinajstić information content (AvgIpc) is 3.16. The van der Waals surface area contributed by atoms with E-state index in [0.717, 1.165) is 5.56 Å². The largest absolute Gasteiger partial charge is 0.497 e. The van der Waals surface area contributed by atoms with E-state index < -0.39 is 4.92 Å². The first-order valence-corrected chi connectivity index (χ1v) is 10.2. The zero-order chi connectivity index (χ0) is 21.7. The number of halogens is 1. The van der Waals surface area contributed by atoms with Crippen molar-refractivity contribution in [3.05, 3.63) is 57.6 Å². The molecule has 3 aromatic rings. The van der Waals surface area contributed by atoms with E-state index in [2.05, 4.69) is 15.5 Å². The molecule has 0 unspecified atom stereocenters. The summed E-state index contributed by atoms with van der Waals surface area (Å²) in [5, 5.41) is 22.7. The first-order valence-electron chi connectivity index (χ1n) is 8.87. The number of hydrogen-bond acceptors (Lipinski definition) is 7. The Hall–Kier alpha value is -3.11. The predicted octanol–water partition coefficient (Wildman–Crippen LogP) is 4.27. The first-order chi connectivity index (χ1) is 14.4. The van der Waals surface area contributed by atoms with Gasteiger partial charge in [0.2, 0.25) is 5.91 Å². The third-order valence-electron chi connectivity index (χ3n) is 4.12. The number of thioether (sulfide) groups is 1. The molecule has 0 spiro atoms. The van der Waals surface area contributed by atoms with Crippen molar-refractivity contribution in [3.63, 3.8) is 0 Å². The van der Waals surface area contributed by atoms with E-state index in [1.807, 2.05) is 35.8 Å². The van der Waals surface area contributed by atoms with Gasteiger partial charge in [0.1, 0.15) is 10.8 Å². The summed E-state index contributed by atoms with van der Waals surface area (Å²) in [6.07, 6.45) is 0. The van der Waals surface area contributed by atoms with Gasteiger partial charge in [-0.15, -0.1) is 10.2 Å². The number of carbonyl (C=O) groups excluding carboxylic acids is 1. The molecule has 2 aromatic carbocycles. The van der Waals surface area contributed by atoms with Crippen LogP contribution in [0.2, 0.25) is 5.02 Å². The zero-order valence-corrected chi connectivity index (χ0v) is 17.7. The van der Waals surface area contributed by atoms with Gasteiger partial charge in [-0.05, 0) is 31.2 Å². The van der Waals surface area contributed by atoms with Crippen LogP contribution in [0.25, 0.3) is 11.4 Å². The minimum absolute atomic E-state index is 0.00786. The van der Waals surface area contributed by atoms with Crippen LogP contribution >= 0.6 is 23.4 Å². The molecule has 156 valence electrons. The molecular formula is C19H18ClN5O4S. The van der Waals surface area contributed by atoms with Gasteiger partial charge in [0.05, 0.1) is 17.8 Å². The second kappa shape index (κ2) is 9.59. The molecule has 1 heterocycles. The summed E-state index contributed by atoms with van der Waals surface area (Å²) < 4.78 is 7.16. The average molecular weight is 448 g/mol. The van der Waals surface area contributed by atoms with Crippen LogP contribution in [0.4, 0.5) is 11.4 Å². The second-order valence-corrected chi connectivity index (χ2v) is 7.39. The van der Waals surface area contributed by atoms with E-state index in [-0.39, 0.29) is 22.4 Å². The summed E-state index contributed by atoms with van der Waals surface area (Å²) >= 11 is 7.01. The van der Waals surface area contributed by atoms with Gasteiger partial charge < -0.3 is 14.6 Å². The number of amides is 1. The molecular weight excluding hydrogens is 430 g/mol. The maximum Gasteiger partial charge on any atom is 0.289 e. The molecule has 1 N–H and O–H groups in total. The van der Waals surface area contributed by atoms with E-state index in [9.17, 15) is 14.9 Å². The Morgan fingerprint density at radius 3 is 2.80 bits per heavy atom. The van der Waals surface area contributed by atoms with Gasteiger partial charge in [-0.25, -0.2) is 0 Å². The highest BCUT2D eigenvalue weighted by atomic mass is 35.5. The fourth-order valence-electron chi connectivity index (χ4n) is 2.71. The maximum absolute atomic E-state index is 12.3. The normalized spacial score (nSPS) is 10.6. The van der Waals surface area contributed by atoms with E-state index >= 15 is 0 Å². The lowest BCUT2D eigenvalue weighted by molar-refractivity contribution is -0.384. The van der Waals surface area contributed by atoms with Gasteiger partial charge in [-0.3, -0.25) is 14.9 Å². The Kier molecular flexibility index (Phi) is 6.91. The lowest BCUT2D eigenvalue weighted by Crippen LogP contribution is -2.14. The standard InChI is InChI=1S/C19H18ClN5O4S/c1-3-24-18(12-5-4-6-14(9-12)29-2)22-23-19(24)30-11-17(26)21-13-7-8-15(20)16(10-13)25(27)28/h4-10H,3,11H2,1-2H3,(H,21,26). The molecule has 0 saturated heterocycles. The number of methoxy groups -OCH3 is 1. The molecule has 3 rings (SSSR count). The molecule has 0 saturated carbocycles. The highest BCUT2D eigenvalue weighted by Crippen LogP contribution is 2.28. The number of ether oxygens (including phenoxy) is 1. The van der Waals surface area contributed by atoms with E-state index in [1.54, 1.807) is 7.11 Å². The number of rotatable bonds is 8. The molecule has 11 heteroatoms. The molecule has 0 aliphatic heterocycles. The van der Waals surface area contributed by atoms with Crippen LogP contribution in [0, 0.1) is 10.1 Å². The molecule has 0 fully saturated rings. The minimum Gasteiger partial charge on any atom is -0.497 e. The van der Waals surface area contributed by atoms with Gasteiger partial charge in [0.25, 0.3) is 5.69 Å². The monoisotopic (exact) mass is 447 g/mol. The van der Waals surface area contributed by atoms with E-state index in [4.69, 9.17) is 16.3 Å². The SMILES string of the molecule is CCn1c(SCC(=O)Nc2ccc(Cl)c([N+](=O)[O-])c2)nnc1-c1cccc(OC)c1. The summed E-state index contributed by atoms with van der Waals surface area (Å²) in [6, 6.07) is 11.6. The van der Waals surface area contributed by atoms with Crippen molar-refractivity contribution in [1.82, 2.24) is 14.8 Å². The number of nitrogens with zero attached hydrogens (tertiary/aromatic N) is 4. The smallest absolute Gasteiger partial charge is 0.289 e. The minimum atomic E-state index is -0.601. The van der Waals surface area contributed by atoms with Crippen molar-refractivity contribution < 1.29 is 14.5 Å². The highest BCUT2D eigenvalue weighted by molar-refractivity contribution is 7.99. The van der Waals surface area contributed by atoms with Gasteiger partial charge >= 0.3 is 0 Å². The summed E-state index contributed by atoms with van der Waals surface area (Å²) in [5.74, 6) is 1.12. The summed E-state index contributed by atoms with van der Waals surface area (Å²) in [6.45, 7) is 2.58. The van der Waals surface area contributed by atoms with Crippen molar-refractivity contribution in [1.29, 1.82) is 0 Å². The topological polar surface area (TPSA) is 112 Å². The second-order valence-electron chi connectivity index (χ2n) is 6.04. The number of nitro benzene ring substituents is 1. The molecule has 1 aromatic heterocycles. The lowest BCUT2D eigenvalue weighted by atomic mass is 10.2. The van der Waals surface area contributed by atoms with Gasteiger partial charge in [0.15, 0.2) is 11.0 Å². The Morgan fingerprint density at radius 1 is 1.30 bits per heavy atom. The Morgan fingerprint density at radius 2 is 2.10 bits per heavy atom. The lowest BCUT2D eigenvalue weighted by Gasteiger charge is -2.09. The third-order valence-corrected chi connectivity index (χ3v) is 5.41. The Bertz CT molecular complexity index is 1090. The number of nitro groups is 1. The molecule has 9 nitrogen and oxygen atoms in total. The fraction of sp³-hybridized carbons (Fsp3) is 0.211. The first kappa shape index (κ1) is 21.6. The van der Waals surface area contributed by atoms with Crippen LogP contribution in [0.5, 0.6) is 5.75 Å². The molecule has 0 atom stereocenters. The van der Waals surface area contributed by atoms with Crippen molar-refractivity contribution in [2.45, 2.75) is 18.6 Å². The van der Waals surface area contributed by atoms with Crippen molar-refractivity contribution in [2.75, 3.05) is 18.2 Å². The maximum atomic E-state index is 12.3. The van der Waals surface area contributed by atoms with Crippen molar-refractivity contribution >= 4 is 40.6 Å². The quantitative estimate of drug-likeness (QED) is 0.311. The van der Waals surface area contributed by atoms with Crippen molar-refractivity contribution in [3.8, 4) is 17.1 Å². The predicted molar refractivity (Wildman–Crippen MR) is 115 cm³/mol. The summed E-state index contributed by atoms with van der Waals surface area (Å²) in [5.41, 5.74) is 0.884. The zero-order valence-electron chi connectivity index (χ0n) is 16.2. The molecule has 30 heavy (non-hydrogen) atoms. The van der Waals surface area contributed by atoms with E-state index in [0.29, 0.717) is 29.0 Å². The van der Waals surface area contributed by atoms with Crippen LogP contribution in [-0.2, 0) is 11.3 Å². The van der Waals surface area contributed by atoms with Gasteiger partial charge in [-0.1, -0.05) is 35.5 Å². The van der Waals surface area contributed by atoms with E-state index in [1.165, 1.54) is 30.0 Å². The number of aromatic nitrogens is 3. The number of anilines is 1. The summed E-state index contributed by atoms with van der Waals surface area (Å²) in [4.78, 5) is 22.7. The van der Waals surface area contributed by atoms with Gasteiger partial charge in [-0.2, -0.15) is 0 Å². The molecule has 0 aliphatic rings. The molecule has 1 amide bonds.